The third kappa shape index (κ3) is 3.42. The Labute approximate surface area is 75.9 Å². The molecule has 0 aliphatic carbocycles. The van der Waals surface area contributed by atoms with Gasteiger partial charge in [0.15, 0.2) is 0 Å². The summed E-state index contributed by atoms with van der Waals surface area (Å²) >= 11 is 0. The van der Waals surface area contributed by atoms with Crippen molar-refractivity contribution >= 4 is 0 Å². The quantitative estimate of drug-likeness (QED) is 0.617. The third-order valence-corrected chi connectivity index (χ3v) is 1.71. The maximum atomic E-state index is 3.80. The van der Waals surface area contributed by atoms with Gasteiger partial charge < -0.3 is 5.32 Å². The Bertz CT molecular complexity index is 187. The molecule has 0 aliphatic heterocycles. The smallest absolute Gasteiger partial charge is 0.0366 e. The van der Waals surface area contributed by atoms with Crippen LogP contribution in [0.3, 0.4) is 0 Å². The second kappa shape index (κ2) is 6.71. The average Bonchev–Trinajstić information content (AvgIpc) is 2.11. The zero-order valence-electron chi connectivity index (χ0n) is 8.35. The van der Waals surface area contributed by atoms with E-state index < -0.39 is 0 Å². The molecule has 0 aromatic rings. The van der Waals surface area contributed by atoms with Crippen molar-refractivity contribution in [2.24, 2.45) is 0 Å². The summed E-state index contributed by atoms with van der Waals surface area (Å²) < 4.78 is 0. The van der Waals surface area contributed by atoms with Gasteiger partial charge in [-0.15, -0.1) is 0 Å². The van der Waals surface area contributed by atoms with Crippen LogP contribution in [-0.4, -0.2) is 7.05 Å². The molecule has 0 saturated carbocycles. The van der Waals surface area contributed by atoms with Gasteiger partial charge in [0.25, 0.3) is 0 Å². The number of rotatable bonds is 5. The fourth-order valence-corrected chi connectivity index (χ4v) is 1.13. The molecular weight excluding hydrogens is 146 g/mol. The summed E-state index contributed by atoms with van der Waals surface area (Å²) in [4.78, 5) is 0. The Morgan fingerprint density at radius 3 is 2.50 bits per heavy atom. The van der Waals surface area contributed by atoms with E-state index in [-0.39, 0.29) is 0 Å². The monoisotopic (exact) mass is 165 g/mol. The van der Waals surface area contributed by atoms with Crippen LogP contribution in [0.15, 0.2) is 36.1 Å². The number of nitrogens with one attached hydrogen (secondary N) is 1. The van der Waals surface area contributed by atoms with E-state index in [4.69, 9.17) is 0 Å². The van der Waals surface area contributed by atoms with E-state index in [9.17, 15) is 0 Å². The summed E-state index contributed by atoms with van der Waals surface area (Å²) in [5.41, 5.74) is 2.47. The van der Waals surface area contributed by atoms with E-state index >= 15 is 0 Å². The summed E-state index contributed by atoms with van der Waals surface area (Å²) in [5.74, 6) is 0. The molecule has 12 heavy (non-hydrogen) atoms. The second-order valence-corrected chi connectivity index (χ2v) is 2.64. The molecule has 0 amide bonds. The Hall–Kier alpha value is -0.980. The predicted octanol–water partition coefficient (Wildman–Crippen LogP) is 3.02. The molecule has 0 atom stereocenters. The highest BCUT2D eigenvalue weighted by Crippen LogP contribution is 2.10. The minimum absolute atomic E-state index is 1.09. The van der Waals surface area contributed by atoms with Crippen LogP contribution in [0.5, 0.6) is 0 Å². The van der Waals surface area contributed by atoms with Crippen LogP contribution in [0, 0.1) is 0 Å². The highest BCUT2D eigenvalue weighted by molar-refractivity contribution is 5.30. The van der Waals surface area contributed by atoms with E-state index in [0.29, 0.717) is 0 Å². The van der Waals surface area contributed by atoms with Crippen molar-refractivity contribution in [3.05, 3.63) is 36.1 Å². The van der Waals surface area contributed by atoms with E-state index in [0.717, 1.165) is 12.8 Å². The van der Waals surface area contributed by atoms with E-state index in [1.807, 2.05) is 26.1 Å². The first kappa shape index (κ1) is 11.0. The maximum absolute atomic E-state index is 3.80. The van der Waals surface area contributed by atoms with Crippen molar-refractivity contribution in [3.63, 3.8) is 0 Å². The summed E-state index contributed by atoms with van der Waals surface area (Å²) in [6.45, 7) is 7.99. The molecule has 0 rings (SSSR count). The van der Waals surface area contributed by atoms with Gasteiger partial charge in [-0.2, -0.15) is 0 Å². The molecule has 0 heterocycles. The van der Waals surface area contributed by atoms with Gasteiger partial charge in [-0.25, -0.2) is 0 Å². The molecular formula is C11H19N. The van der Waals surface area contributed by atoms with Crippen LogP contribution in [0.4, 0.5) is 0 Å². The maximum Gasteiger partial charge on any atom is 0.0366 e. The molecule has 1 N–H and O–H groups in total. The van der Waals surface area contributed by atoms with Gasteiger partial charge in [0.05, 0.1) is 0 Å². The third-order valence-electron chi connectivity index (χ3n) is 1.71. The molecule has 0 aromatic heterocycles. The lowest BCUT2D eigenvalue weighted by atomic mass is 10.1. The molecule has 0 fully saturated rings. The lowest BCUT2D eigenvalue weighted by molar-refractivity contribution is 0.889. The molecule has 0 spiro atoms. The van der Waals surface area contributed by atoms with Crippen molar-refractivity contribution in [2.45, 2.75) is 26.7 Å². The summed E-state index contributed by atoms with van der Waals surface area (Å²) in [7, 11) is 1.94. The predicted molar refractivity (Wildman–Crippen MR) is 56.0 cm³/mol. The molecule has 0 unspecified atom stereocenters. The van der Waals surface area contributed by atoms with Gasteiger partial charge in [-0.05, 0) is 25.0 Å². The summed E-state index contributed by atoms with van der Waals surface area (Å²) in [5, 5.41) is 3.16. The molecule has 0 aromatic carbocycles. The van der Waals surface area contributed by atoms with Gasteiger partial charge in [0.2, 0.25) is 0 Å². The lowest BCUT2D eigenvalue weighted by Gasteiger charge is -2.06. The van der Waals surface area contributed by atoms with Crippen LogP contribution < -0.4 is 5.32 Å². The number of likely N-dealkylation sites (N-methyl/N-ethyl adjacent to an activating group) is 1. The number of hydrogen-bond acceptors (Lipinski definition) is 1. The van der Waals surface area contributed by atoms with Crippen molar-refractivity contribution in [3.8, 4) is 0 Å². The fourth-order valence-electron chi connectivity index (χ4n) is 1.13. The molecule has 0 radical (unpaired) electrons. The number of hydrogen-bond donors (Lipinski definition) is 1. The van der Waals surface area contributed by atoms with Crippen molar-refractivity contribution in [2.75, 3.05) is 7.05 Å². The van der Waals surface area contributed by atoms with Crippen molar-refractivity contribution in [1.82, 2.24) is 5.32 Å². The Kier molecular flexibility index (Phi) is 6.16. The molecule has 1 heteroatoms. The van der Waals surface area contributed by atoms with E-state index in [1.54, 1.807) is 0 Å². The molecule has 1 nitrogen and oxygen atoms in total. The van der Waals surface area contributed by atoms with Gasteiger partial charge >= 0.3 is 0 Å². The lowest BCUT2D eigenvalue weighted by Crippen LogP contribution is -2.06. The standard InChI is InChI=1S/C11H19N/c1-5-8-10(7-3)11(12-4)9-6-2/h6-7,9,12H,3,5,8H2,1-2,4H3/b9-6-,11-10-. The normalized spacial score (nSPS) is 12.9. The van der Waals surface area contributed by atoms with Crippen molar-refractivity contribution in [1.29, 1.82) is 0 Å². The Balaban J connectivity index is 4.60. The second-order valence-electron chi connectivity index (χ2n) is 2.64. The van der Waals surface area contributed by atoms with Crippen LogP contribution >= 0.6 is 0 Å². The first-order valence-electron chi connectivity index (χ1n) is 4.46. The first-order valence-corrected chi connectivity index (χ1v) is 4.46. The van der Waals surface area contributed by atoms with Gasteiger partial charge in [-0.3, -0.25) is 0 Å². The highest BCUT2D eigenvalue weighted by Gasteiger charge is 1.96. The first-order chi connectivity index (χ1) is 5.79. The van der Waals surface area contributed by atoms with Crippen LogP contribution in [0.2, 0.25) is 0 Å². The zero-order valence-corrected chi connectivity index (χ0v) is 8.35. The zero-order chi connectivity index (χ0) is 9.40. The average molecular weight is 165 g/mol. The Morgan fingerprint density at radius 2 is 2.17 bits per heavy atom. The van der Waals surface area contributed by atoms with Crippen LogP contribution in [-0.2, 0) is 0 Å². The minimum atomic E-state index is 1.09. The van der Waals surface area contributed by atoms with Crippen molar-refractivity contribution < 1.29 is 0 Å². The van der Waals surface area contributed by atoms with E-state index in [1.165, 1.54) is 11.3 Å². The topological polar surface area (TPSA) is 12.0 Å². The van der Waals surface area contributed by atoms with E-state index in [2.05, 4.69) is 24.9 Å². The summed E-state index contributed by atoms with van der Waals surface area (Å²) in [6.07, 6.45) is 8.28. The van der Waals surface area contributed by atoms with Crippen LogP contribution in [0.1, 0.15) is 26.7 Å². The minimum Gasteiger partial charge on any atom is -0.388 e. The van der Waals surface area contributed by atoms with Crippen LogP contribution in [0.25, 0.3) is 0 Å². The summed E-state index contributed by atoms with van der Waals surface area (Å²) in [6, 6.07) is 0. The largest absolute Gasteiger partial charge is 0.388 e. The van der Waals surface area contributed by atoms with Gasteiger partial charge in [0, 0.05) is 12.7 Å². The molecule has 68 valence electrons. The molecule has 0 bridgehead atoms. The molecule has 0 aliphatic rings. The Morgan fingerprint density at radius 1 is 1.50 bits per heavy atom. The highest BCUT2D eigenvalue weighted by atomic mass is 14.8. The molecule has 0 saturated heterocycles. The van der Waals surface area contributed by atoms with Gasteiger partial charge in [0.1, 0.15) is 0 Å². The number of allylic oxidation sites excluding steroid dienone is 4. The van der Waals surface area contributed by atoms with Gasteiger partial charge in [-0.1, -0.05) is 32.1 Å². The SMILES string of the molecule is C=C/C(CCC)=C(\C=C/C)NC. The fraction of sp³-hybridized carbons (Fsp3) is 0.455.